The van der Waals surface area contributed by atoms with Gasteiger partial charge in [-0.15, -0.1) is 0 Å². The maximum Gasteiger partial charge on any atom is 0.240 e. The van der Waals surface area contributed by atoms with Crippen molar-refractivity contribution < 1.29 is 4.79 Å². The van der Waals surface area contributed by atoms with Crippen LogP contribution in [0.2, 0.25) is 0 Å². The highest BCUT2D eigenvalue weighted by Crippen LogP contribution is 2.26. The zero-order valence-electron chi connectivity index (χ0n) is 10.4. The van der Waals surface area contributed by atoms with Gasteiger partial charge in [0, 0.05) is 33.2 Å². The molecule has 16 heavy (non-hydrogen) atoms. The Bertz CT molecular complexity index is 253. The fourth-order valence-corrected chi connectivity index (χ4v) is 2.49. The number of rotatable bonds is 3. The molecule has 0 bridgehead atoms. The van der Waals surface area contributed by atoms with E-state index in [1.54, 1.807) is 0 Å². The van der Waals surface area contributed by atoms with Crippen molar-refractivity contribution in [2.75, 3.05) is 40.3 Å². The van der Waals surface area contributed by atoms with Gasteiger partial charge in [-0.1, -0.05) is 6.42 Å². The van der Waals surface area contributed by atoms with Crippen LogP contribution in [0.25, 0.3) is 0 Å². The molecule has 0 aromatic rings. The summed E-state index contributed by atoms with van der Waals surface area (Å²) in [5.41, 5.74) is 0. The lowest BCUT2D eigenvalue weighted by atomic mass is 9.85. The monoisotopic (exact) mass is 225 g/mol. The van der Waals surface area contributed by atoms with Crippen LogP contribution in [0.5, 0.6) is 0 Å². The number of amides is 1. The van der Waals surface area contributed by atoms with Crippen molar-refractivity contribution >= 4 is 5.91 Å². The molecule has 4 nitrogen and oxygen atoms in total. The van der Waals surface area contributed by atoms with E-state index < -0.39 is 0 Å². The Morgan fingerprint density at radius 3 is 2.81 bits per heavy atom. The van der Waals surface area contributed by atoms with E-state index in [-0.39, 0.29) is 11.9 Å². The van der Waals surface area contributed by atoms with E-state index in [9.17, 15) is 4.79 Å². The van der Waals surface area contributed by atoms with E-state index in [0.29, 0.717) is 0 Å². The molecule has 2 fully saturated rings. The number of nitrogens with one attached hydrogen (secondary N) is 1. The second kappa shape index (κ2) is 5.15. The number of carbonyl (C=O) groups is 1. The fraction of sp³-hybridized carbons (Fsp3) is 0.917. The quantitative estimate of drug-likeness (QED) is 0.742. The molecule has 1 heterocycles. The highest BCUT2D eigenvalue weighted by Gasteiger charge is 2.30. The second-order valence-electron chi connectivity index (χ2n) is 5.22. The fourth-order valence-electron chi connectivity index (χ4n) is 2.49. The van der Waals surface area contributed by atoms with Gasteiger partial charge in [-0.2, -0.15) is 0 Å². The molecule has 1 atom stereocenters. The molecule has 0 aromatic carbocycles. The van der Waals surface area contributed by atoms with Gasteiger partial charge < -0.3 is 10.2 Å². The minimum Gasteiger partial charge on any atom is -0.344 e. The smallest absolute Gasteiger partial charge is 0.240 e. The number of piperazine rings is 1. The first-order valence-electron chi connectivity index (χ1n) is 6.34. The highest BCUT2D eigenvalue weighted by atomic mass is 16.2. The lowest BCUT2D eigenvalue weighted by molar-refractivity contribution is -0.136. The van der Waals surface area contributed by atoms with Crippen LogP contribution in [0, 0.1) is 5.92 Å². The third kappa shape index (κ3) is 2.55. The molecule has 1 saturated carbocycles. The number of hydrogen-bond donors (Lipinski definition) is 1. The van der Waals surface area contributed by atoms with Gasteiger partial charge in [-0.25, -0.2) is 0 Å². The first-order valence-corrected chi connectivity index (χ1v) is 6.34. The third-order valence-electron chi connectivity index (χ3n) is 3.93. The number of carbonyl (C=O) groups excluding carboxylic acids is 1. The summed E-state index contributed by atoms with van der Waals surface area (Å²) in [6.07, 6.45) is 3.95. The van der Waals surface area contributed by atoms with Crippen LogP contribution in [0.3, 0.4) is 0 Å². The Morgan fingerprint density at radius 2 is 2.25 bits per heavy atom. The predicted octanol–water partition coefficient (Wildman–Crippen LogP) is 0.149. The van der Waals surface area contributed by atoms with Crippen molar-refractivity contribution in [2.45, 2.75) is 25.3 Å². The van der Waals surface area contributed by atoms with Crippen LogP contribution >= 0.6 is 0 Å². The molecular formula is C12H23N3O. The molecule has 0 spiro atoms. The summed E-state index contributed by atoms with van der Waals surface area (Å²) in [4.78, 5) is 16.3. The van der Waals surface area contributed by atoms with Gasteiger partial charge >= 0.3 is 0 Å². The molecule has 1 unspecified atom stereocenters. The summed E-state index contributed by atoms with van der Waals surface area (Å²) in [7, 11) is 3.99. The molecule has 4 heteroatoms. The first-order chi connectivity index (χ1) is 7.68. The zero-order valence-corrected chi connectivity index (χ0v) is 10.4. The third-order valence-corrected chi connectivity index (χ3v) is 3.93. The lowest BCUT2D eigenvalue weighted by Crippen LogP contribution is -2.57. The van der Waals surface area contributed by atoms with Gasteiger partial charge in [0.05, 0.1) is 0 Å². The van der Waals surface area contributed by atoms with Gasteiger partial charge in [0.2, 0.25) is 5.91 Å². The van der Waals surface area contributed by atoms with Gasteiger partial charge in [0.15, 0.2) is 0 Å². The standard InChI is InChI=1S/C12H23N3O/c1-14-7-6-13-8-11(14)12(16)15(2)9-10-4-3-5-10/h10-11,13H,3-9H2,1-2H3. The summed E-state index contributed by atoms with van der Waals surface area (Å²) >= 11 is 0. The summed E-state index contributed by atoms with van der Waals surface area (Å²) in [6, 6.07) is 0.0406. The topological polar surface area (TPSA) is 35.6 Å². The summed E-state index contributed by atoms with van der Waals surface area (Å²) in [6.45, 7) is 3.70. The average molecular weight is 225 g/mol. The summed E-state index contributed by atoms with van der Waals surface area (Å²) in [5, 5.41) is 3.29. The molecule has 0 aromatic heterocycles. The molecule has 1 amide bonds. The second-order valence-corrected chi connectivity index (χ2v) is 5.22. The van der Waals surface area contributed by atoms with E-state index in [1.165, 1.54) is 19.3 Å². The Labute approximate surface area is 98.0 Å². The molecule has 1 aliphatic heterocycles. The Kier molecular flexibility index (Phi) is 3.82. The molecule has 2 aliphatic rings. The zero-order chi connectivity index (χ0) is 11.5. The highest BCUT2D eigenvalue weighted by molar-refractivity contribution is 5.82. The Hall–Kier alpha value is -0.610. The number of likely N-dealkylation sites (N-methyl/N-ethyl adjacent to an activating group) is 2. The van der Waals surface area contributed by atoms with Crippen molar-refractivity contribution in [1.82, 2.24) is 15.1 Å². The number of hydrogen-bond acceptors (Lipinski definition) is 3. The molecule has 92 valence electrons. The van der Waals surface area contributed by atoms with Crippen molar-refractivity contribution in [2.24, 2.45) is 5.92 Å². The van der Waals surface area contributed by atoms with Crippen LogP contribution in [-0.4, -0.2) is 62.0 Å². The SMILES string of the molecule is CN(CC1CCC1)C(=O)C1CNCCN1C. The molecule has 0 radical (unpaired) electrons. The maximum atomic E-state index is 12.2. The maximum absolute atomic E-state index is 12.2. The van der Waals surface area contributed by atoms with E-state index in [4.69, 9.17) is 0 Å². The van der Waals surface area contributed by atoms with E-state index in [1.807, 2.05) is 19.0 Å². The normalized spacial score (nSPS) is 27.5. The van der Waals surface area contributed by atoms with Crippen LogP contribution < -0.4 is 5.32 Å². The summed E-state index contributed by atoms with van der Waals surface area (Å²) in [5.74, 6) is 1.04. The van der Waals surface area contributed by atoms with Crippen LogP contribution in [0.15, 0.2) is 0 Å². The van der Waals surface area contributed by atoms with Gasteiger partial charge in [0.25, 0.3) is 0 Å². The largest absolute Gasteiger partial charge is 0.344 e. The summed E-state index contributed by atoms with van der Waals surface area (Å²) < 4.78 is 0. The van der Waals surface area contributed by atoms with Crippen LogP contribution in [0.4, 0.5) is 0 Å². The Morgan fingerprint density at radius 1 is 1.50 bits per heavy atom. The van der Waals surface area contributed by atoms with Crippen LogP contribution in [-0.2, 0) is 4.79 Å². The van der Waals surface area contributed by atoms with Crippen molar-refractivity contribution in [3.8, 4) is 0 Å². The van der Waals surface area contributed by atoms with Gasteiger partial charge in [-0.3, -0.25) is 9.69 Å². The average Bonchev–Trinajstić information content (AvgIpc) is 2.23. The minimum absolute atomic E-state index is 0.0406. The van der Waals surface area contributed by atoms with Crippen molar-refractivity contribution in [1.29, 1.82) is 0 Å². The van der Waals surface area contributed by atoms with Gasteiger partial charge in [-0.05, 0) is 25.8 Å². The minimum atomic E-state index is 0.0406. The van der Waals surface area contributed by atoms with Gasteiger partial charge in [0.1, 0.15) is 6.04 Å². The number of nitrogens with zero attached hydrogens (tertiary/aromatic N) is 2. The van der Waals surface area contributed by atoms with Crippen molar-refractivity contribution in [3.05, 3.63) is 0 Å². The molecule has 1 N–H and O–H groups in total. The van der Waals surface area contributed by atoms with Crippen LogP contribution in [0.1, 0.15) is 19.3 Å². The lowest BCUT2D eigenvalue weighted by Gasteiger charge is -2.36. The van der Waals surface area contributed by atoms with E-state index >= 15 is 0 Å². The Balaban J connectivity index is 1.84. The first kappa shape index (κ1) is 11.9. The van der Waals surface area contributed by atoms with Crippen molar-refractivity contribution in [3.63, 3.8) is 0 Å². The molecule has 1 aliphatic carbocycles. The van der Waals surface area contributed by atoms with E-state index in [2.05, 4.69) is 10.2 Å². The predicted molar refractivity (Wildman–Crippen MR) is 64.3 cm³/mol. The van der Waals surface area contributed by atoms with E-state index in [0.717, 1.165) is 32.1 Å². The molecule has 2 rings (SSSR count). The molecule has 1 saturated heterocycles. The molecular weight excluding hydrogens is 202 g/mol.